The third-order valence-electron chi connectivity index (χ3n) is 5.12. The number of aliphatic imine (C=N–C) groups is 1. The highest BCUT2D eigenvalue weighted by atomic mass is 32.1. The Morgan fingerprint density at radius 2 is 1.72 bits per heavy atom. The Morgan fingerprint density at radius 1 is 1.00 bits per heavy atom. The summed E-state index contributed by atoms with van der Waals surface area (Å²) in [5, 5.41) is 17.4. The van der Waals surface area contributed by atoms with Gasteiger partial charge >= 0.3 is 0 Å². The molecule has 29 heavy (non-hydrogen) atoms. The molecule has 0 saturated heterocycles. The van der Waals surface area contributed by atoms with Crippen LogP contribution in [0.15, 0.2) is 40.7 Å². The summed E-state index contributed by atoms with van der Waals surface area (Å²) in [7, 11) is 1.97. The fourth-order valence-electron chi connectivity index (χ4n) is 3.22. The lowest BCUT2D eigenvalue weighted by Crippen LogP contribution is -2.39. The van der Waals surface area contributed by atoms with Gasteiger partial charge in [-0.1, -0.05) is 24.3 Å². The van der Waals surface area contributed by atoms with Crippen LogP contribution in [0, 0.1) is 20.8 Å². The molecular weight excluding hydrogens is 380 g/mol. The van der Waals surface area contributed by atoms with E-state index in [-0.39, 0.29) is 0 Å². The molecule has 1 aromatic carbocycles. The average molecular weight is 411 g/mol. The van der Waals surface area contributed by atoms with Gasteiger partial charge in [-0.2, -0.15) is 0 Å². The minimum atomic E-state index is 0.495. The van der Waals surface area contributed by atoms with Gasteiger partial charge in [0.2, 0.25) is 0 Å². The second kappa shape index (κ2) is 10.2. The van der Waals surface area contributed by atoms with Crippen molar-refractivity contribution in [1.29, 1.82) is 0 Å². The average Bonchev–Trinajstić information content (AvgIpc) is 3.32. The summed E-state index contributed by atoms with van der Waals surface area (Å²) in [6.45, 7) is 8.46. The van der Waals surface area contributed by atoms with E-state index in [9.17, 15) is 0 Å². The molecule has 7 heteroatoms. The molecule has 2 heterocycles. The second-order valence-electron chi connectivity index (χ2n) is 7.19. The predicted molar refractivity (Wildman–Crippen MR) is 121 cm³/mol. The van der Waals surface area contributed by atoms with Gasteiger partial charge in [-0.15, -0.1) is 21.5 Å². The van der Waals surface area contributed by atoms with Gasteiger partial charge in [-0.3, -0.25) is 0 Å². The lowest BCUT2D eigenvalue weighted by Gasteiger charge is -2.14. The molecule has 0 atom stereocenters. The van der Waals surface area contributed by atoms with E-state index in [1.165, 1.54) is 21.6 Å². The van der Waals surface area contributed by atoms with Gasteiger partial charge in [0, 0.05) is 25.0 Å². The molecule has 0 bridgehead atoms. The molecule has 6 nitrogen and oxygen atoms in total. The minimum Gasteiger partial charge on any atom is -0.356 e. The van der Waals surface area contributed by atoms with E-state index in [2.05, 4.69) is 70.4 Å². The zero-order valence-corrected chi connectivity index (χ0v) is 18.5. The van der Waals surface area contributed by atoms with Gasteiger partial charge in [0.1, 0.15) is 12.4 Å². The topological polar surface area (TPSA) is 67.1 Å². The van der Waals surface area contributed by atoms with Crippen molar-refractivity contribution in [2.75, 3.05) is 13.1 Å². The van der Waals surface area contributed by atoms with Crippen molar-refractivity contribution in [3.05, 3.63) is 68.9 Å². The van der Waals surface area contributed by atoms with Crippen LogP contribution in [0.5, 0.6) is 0 Å². The first-order chi connectivity index (χ1) is 14.0. The standard InChI is InChI=1S/C22H30N6S/c1-16-7-5-8-17(2)20(16)11-13-24-22(23-12-10-19-9-6-14-29-19)25-15-21-27-26-18(3)28(21)4/h5-9,14H,10-13,15H2,1-4H3,(H2,23,24,25). The maximum absolute atomic E-state index is 4.74. The third kappa shape index (κ3) is 5.90. The summed E-state index contributed by atoms with van der Waals surface area (Å²) >= 11 is 1.79. The first kappa shape index (κ1) is 21.0. The number of thiophene rings is 1. The third-order valence-corrected chi connectivity index (χ3v) is 6.05. The molecule has 0 fully saturated rings. The normalized spacial score (nSPS) is 11.7. The van der Waals surface area contributed by atoms with E-state index < -0.39 is 0 Å². The van der Waals surface area contributed by atoms with Crippen LogP contribution >= 0.6 is 11.3 Å². The summed E-state index contributed by atoms with van der Waals surface area (Å²) in [5.74, 6) is 2.57. The number of rotatable bonds is 8. The fourth-order valence-corrected chi connectivity index (χ4v) is 3.93. The Morgan fingerprint density at radius 3 is 2.34 bits per heavy atom. The maximum atomic E-state index is 4.74. The molecule has 0 spiro atoms. The lowest BCUT2D eigenvalue weighted by molar-refractivity contribution is 0.745. The Hall–Kier alpha value is -2.67. The highest BCUT2D eigenvalue weighted by molar-refractivity contribution is 7.09. The molecule has 0 aliphatic carbocycles. The molecule has 0 saturated carbocycles. The number of nitrogens with one attached hydrogen (secondary N) is 2. The molecule has 3 rings (SSSR count). The zero-order chi connectivity index (χ0) is 20.6. The van der Waals surface area contributed by atoms with Crippen molar-refractivity contribution in [2.24, 2.45) is 12.0 Å². The fraction of sp³-hybridized carbons (Fsp3) is 0.409. The first-order valence-electron chi connectivity index (χ1n) is 9.99. The van der Waals surface area contributed by atoms with Crippen LogP contribution in [0.1, 0.15) is 33.2 Å². The van der Waals surface area contributed by atoms with Gasteiger partial charge < -0.3 is 15.2 Å². The van der Waals surface area contributed by atoms with Crippen LogP contribution in [0.25, 0.3) is 0 Å². The SMILES string of the molecule is Cc1cccc(C)c1CCNC(=NCc1nnc(C)n1C)NCCc1cccs1. The smallest absolute Gasteiger partial charge is 0.191 e. The predicted octanol–water partition coefficient (Wildman–Crippen LogP) is 3.32. The number of hydrogen-bond donors (Lipinski definition) is 2. The lowest BCUT2D eigenvalue weighted by atomic mass is 10.0. The van der Waals surface area contributed by atoms with Gasteiger partial charge in [0.25, 0.3) is 0 Å². The van der Waals surface area contributed by atoms with E-state index in [1.54, 1.807) is 11.3 Å². The molecule has 0 aliphatic heterocycles. The molecule has 0 aliphatic rings. The summed E-state index contributed by atoms with van der Waals surface area (Å²) in [6, 6.07) is 10.7. The Bertz CT molecular complexity index is 922. The van der Waals surface area contributed by atoms with E-state index in [0.717, 1.165) is 43.5 Å². The van der Waals surface area contributed by atoms with Crippen LogP contribution in [-0.2, 0) is 26.4 Å². The Balaban J connectivity index is 1.61. The highest BCUT2D eigenvalue weighted by Gasteiger charge is 2.07. The Kier molecular flexibility index (Phi) is 7.41. The van der Waals surface area contributed by atoms with Crippen LogP contribution < -0.4 is 10.6 Å². The molecule has 0 radical (unpaired) electrons. The number of aryl methyl sites for hydroxylation is 3. The number of benzene rings is 1. The first-order valence-corrected chi connectivity index (χ1v) is 10.9. The van der Waals surface area contributed by atoms with Crippen molar-refractivity contribution >= 4 is 17.3 Å². The maximum Gasteiger partial charge on any atom is 0.191 e. The number of nitrogens with zero attached hydrogens (tertiary/aromatic N) is 4. The van der Waals surface area contributed by atoms with Crippen LogP contribution in [0.3, 0.4) is 0 Å². The molecular formula is C22H30N6S. The van der Waals surface area contributed by atoms with Crippen LogP contribution in [-0.4, -0.2) is 33.8 Å². The Labute approximate surface area is 177 Å². The van der Waals surface area contributed by atoms with Crippen molar-refractivity contribution in [2.45, 2.75) is 40.2 Å². The van der Waals surface area contributed by atoms with Crippen molar-refractivity contribution < 1.29 is 0 Å². The number of aromatic nitrogens is 3. The van der Waals surface area contributed by atoms with E-state index in [1.807, 2.05) is 18.5 Å². The monoisotopic (exact) mass is 410 g/mol. The second-order valence-corrected chi connectivity index (χ2v) is 8.22. The number of guanidine groups is 1. The summed E-state index contributed by atoms with van der Waals surface area (Å²) in [4.78, 5) is 6.11. The van der Waals surface area contributed by atoms with Crippen molar-refractivity contribution in [3.63, 3.8) is 0 Å². The minimum absolute atomic E-state index is 0.495. The van der Waals surface area contributed by atoms with E-state index in [4.69, 9.17) is 4.99 Å². The molecule has 3 aromatic rings. The molecule has 0 amide bonds. The summed E-state index contributed by atoms with van der Waals surface area (Å²) in [6.07, 6.45) is 1.95. The molecule has 154 valence electrons. The van der Waals surface area contributed by atoms with E-state index in [0.29, 0.717) is 6.54 Å². The molecule has 2 aromatic heterocycles. The largest absolute Gasteiger partial charge is 0.356 e. The van der Waals surface area contributed by atoms with Crippen LogP contribution in [0.2, 0.25) is 0 Å². The van der Waals surface area contributed by atoms with Crippen molar-refractivity contribution in [1.82, 2.24) is 25.4 Å². The van der Waals surface area contributed by atoms with E-state index >= 15 is 0 Å². The zero-order valence-electron chi connectivity index (χ0n) is 17.7. The van der Waals surface area contributed by atoms with Crippen LogP contribution in [0.4, 0.5) is 0 Å². The molecule has 0 unspecified atom stereocenters. The quantitative estimate of drug-likeness (QED) is 0.442. The highest BCUT2D eigenvalue weighted by Crippen LogP contribution is 2.13. The molecule has 2 N–H and O–H groups in total. The number of hydrogen-bond acceptors (Lipinski definition) is 4. The van der Waals surface area contributed by atoms with Gasteiger partial charge in [0.15, 0.2) is 11.8 Å². The van der Waals surface area contributed by atoms with Gasteiger partial charge in [-0.25, -0.2) is 4.99 Å². The van der Waals surface area contributed by atoms with Gasteiger partial charge in [-0.05, 0) is 61.7 Å². The van der Waals surface area contributed by atoms with Gasteiger partial charge in [0.05, 0.1) is 0 Å². The van der Waals surface area contributed by atoms with Crippen molar-refractivity contribution in [3.8, 4) is 0 Å². The summed E-state index contributed by atoms with van der Waals surface area (Å²) < 4.78 is 1.98. The summed E-state index contributed by atoms with van der Waals surface area (Å²) in [5.41, 5.74) is 4.08.